The minimum Gasteiger partial charge on any atom is -0.478 e. The average molecular weight is 220 g/mol. The van der Waals surface area contributed by atoms with E-state index in [1.165, 1.54) is 5.56 Å². The topological polar surface area (TPSA) is 37.3 Å². The van der Waals surface area contributed by atoms with Gasteiger partial charge in [-0.2, -0.15) is 0 Å². The lowest BCUT2D eigenvalue weighted by molar-refractivity contribution is 0.0695. The maximum atomic E-state index is 11.1. The summed E-state index contributed by atoms with van der Waals surface area (Å²) in [5.41, 5.74) is 2.70. The van der Waals surface area contributed by atoms with Gasteiger partial charge in [-0.05, 0) is 36.5 Å². The van der Waals surface area contributed by atoms with Gasteiger partial charge in [0.2, 0.25) is 0 Å². The third kappa shape index (κ3) is 3.37. The molecule has 0 aromatic heterocycles. The van der Waals surface area contributed by atoms with Gasteiger partial charge in [0.1, 0.15) is 0 Å². The van der Waals surface area contributed by atoms with Crippen LogP contribution in [-0.4, -0.2) is 11.1 Å². The van der Waals surface area contributed by atoms with E-state index in [9.17, 15) is 4.79 Å². The number of hydrogen-bond donors (Lipinski definition) is 1. The fraction of sp³-hybridized carbons (Fsp3) is 0.500. The monoisotopic (exact) mass is 220 g/mol. The number of rotatable bonds is 6. The van der Waals surface area contributed by atoms with Crippen LogP contribution in [0.4, 0.5) is 0 Å². The summed E-state index contributed by atoms with van der Waals surface area (Å²) in [7, 11) is 0. The molecule has 0 saturated carbocycles. The Morgan fingerprint density at radius 3 is 2.50 bits per heavy atom. The number of hydrogen-bond acceptors (Lipinski definition) is 1. The Morgan fingerprint density at radius 2 is 1.94 bits per heavy atom. The molecule has 0 bridgehead atoms. The van der Waals surface area contributed by atoms with Crippen molar-refractivity contribution < 1.29 is 9.90 Å². The SMILES string of the molecule is CCCCc1cc(CCC)ccc1C(=O)O. The number of benzene rings is 1. The quantitative estimate of drug-likeness (QED) is 0.794. The minimum atomic E-state index is -0.811. The minimum absolute atomic E-state index is 0.466. The first-order chi connectivity index (χ1) is 7.69. The predicted molar refractivity (Wildman–Crippen MR) is 66.0 cm³/mol. The fourth-order valence-electron chi connectivity index (χ4n) is 1.87. The van der Waals surface area contributed by atoms with Gasteiger partial charge in [0.05, 0.1) is 5.56 Å². The molecule has 0 atom stereocenters. The Bertz CT molecular complexity index is 356. The second-order valence-corrected chi connectivity index (χ2v) is 4.15. The van der Waals surface area contributed by atoms with Crippen molar-refractivity contribution in [3.8, 4) is 0 Å². The van der Waals surface area contributed by atoms with Crippen LogP contribution in [0.3, 0.4) is 0 Å². The highest BCUT2D eigenvalue weighted by atomic mass is 16.4. The first-order valence-electron chi connectivity index (χ1n) is 6.04. The Morgan fingerprint density at radius 1 is 1.19 bits per heavy atom. The van der Waals surface area contributed by atoms with E-state index in [4.69, 9.17) is 5.11 Å². The van der Waals surface area contributed by atoms with E-state index in [1.807, 2.05) is 6.07 Å². The third-order valence-electron chi connectivity index (χ3n) is 2.74. The number of unbranched alkanes of at least 4 members (excludes halogenated alkanes) is 1. The normalized spacial score (nSPS) is 10.4. The number of carboxylic acid groups (broad SMARTS) is 1. The maximum absolute atomic E-state index is 11.1. The summed E-state index contributed by atoms with van der Waals surface area (Å²) in [6.45, 7) is 4.26. The molecular weight excluding hydrogens is 200 g/mol. The highest BCUT2D eigenvalue weighted by molar-refractivity contribution is 5.89. The number of aryl methyl sites for hydroxylation is 2. The lowest BCUT2D eigenvalue weighted by Gasteiger charge is -2.08. The summed E-state index contributed by atoms with van der Waals surface area (Å²) >= 11 is 0. The zero-order valence-corrected chi connectivity index (χ0v) is 10.1. The molecule has 16 heavy (non-hydrogen) atoms. The zero-order chi connectivity index (χ0) is 12.0. The maximum Gasteiger partial charge on any atom is 0.335 e. The smallest absolute Gasteiger partial charge is 0.335 e. The molecule has 0 aliphatic rings. The van der Waals surface area contributed by atoms with E-state index in [0.717, 1.165) is 37.7 Å². The van der Waals surface area contributed by atoms with E-state index in [-0.39, 0.29) is 0 Å². The van der Waals surface area contributed by atoms with Crippen LogP contribution in [0.25, 0.3) is 0 Å². The van der Waals surface area contributed by atoms with Crippen LogP contribution in [0.1, 0.15) is 54.6 Å². The molecule has 1 aromatic rings. The molecule has 88 valence electrons. The molecule has 1 aromatic carbocycles. The highest BCUT2D eigenvalue weighted by Gasteiger charge is 2.09. The summed E-state index contributed by atoms with van der Waals surface area (Å²) in [6, 6.07) is 5.74. The van der Waals surface area contributed by atoms with Crippen LogP contribution >= 0.6 is 0 Å². The highest BCUT2D eigenvalue weighted by Crippen LogP contribution is 2.16. The van der Waals surface area contributed by atoms with Crippen LogP contribution < -0.4 is 0 Å². The number of aromatic carboxylic acids is 1. The number of carbonyl (C=O) groups is 1. The Balaban J connectivity index is 2.95. The van der Waals surface area contributed by atoms with E-state index in [1.54, 1.807) is 6.07 Å². The second-order valence-electron chi connectivity index (χ2n) is 4.15. The second kappa shape index (κ2) is 6.31. The van der Waals surface area contributed by atoms with Gasteiger partial charge in [0.15, 0.2) is 0 Å². The van der Waals surface area contributed by atoms with Crippen molar-refractivity contribution in [2.24, 2.45) is 0 Å². The summed E-state index contributed by atoms with van der Waals surface area (Å²) in [4.78, 5) is 11.1. The van der Waals surface area contributed by atoms with Crippen molar-refractivity contribution in [3.63, 3.8) is 0 Å². The van der Waals surface area contributed by atoms with Crippen molar-refractivity contribution in [1.82, 2.24) is 0 Å². The first kappa shape index (κ1) is 12.8. The van der Waals surface area contributed by atoms with Crippen LogP contribution in [0.15, 0.2) is 18.2 Å². The molecule has 0 amide bonds. The van der Waals surface area contributed by atoms with Crippen molar-refractivity contribution >= 4 is 5.97 Å². The summed E-state index contributed by atoms with van der Waals surface area (Å²) in [5, 5.41) is 9.09. The predicted octanol–water partition coefficient (Wildman–Crippen LogP) is 3.68. The Hall–Kier alpha value is -1.31. The van der Waals surface area contributed by atoms with Gasteiger partial charge in [-0.1, -0.05) is 38.8 Å². The standard InChI is InChI=1S/C14H20O2/c1-3-5-7-12-10-11(6-4-2)8-9-13(12)14(15)16/h8-10H,3-7H2,1-2H3,(H,15,16). The molecule has 2 heteroatoms. The molecule has 0 radical (unpaired) electrons. The van der Waals surface area contributed by atoms with Crippen LogP contribution in [0.5, 0.6) is 0 Å². The molecule has 0 unspecified atom stereocenters. The Kier molecular flexibility index (Phi) is 5.03. The average Bonchev–Trinajstić information content (AvgIpc) is 2.26. The number of carboxylic acids is 1. The summed E-state index contributed by atoms with van der Waals surface area (Å²) in [6.07, 6.45) is 5.14. The lowest BCUT2D eigenvalue weighted by Crippen LogP contribution is -2.03. The van der Waals surface area contributed by atoms with Gasteiger partial charge < -0.3 is 5.11 Å². The van der Waals surface area contributed by atoms with E-state index in [2.05, 4.69) is 19.9 Å². The Labute approximate surface area is 97.3 Å². The van der Waals surface area contributed by atoms with Crippen molar-refractivity contribution in [1.29, 1.82) is 0 Å². The van der Waals surface area contributed by atoms with Gasteiger partial charge in [-0.25, -0.2) is 4.79 Å². The van der Waals surface area contributed by atoms with Crippen molar-refractivity contribution in [2.45, 2.75) is 46.0 Å². The largest absolute Gasteiger partial charge is 0.478 e. The van der Waals surface area contributed by atoms with E-state index >= 15 is 0 Å². The zero-order valence-electron chi connectivity index (χ0n) is 10.1. The summed E-state index contributed by atoms with van der Waals surface area (Å²) < 4.78 is 0. The van der Waals surface area contributed by atoms with Gasteiger partial charge in [0.25, 0.3) is 0 Å². The molecule has 0 aliphatic heterocycles. The van der Waals surface area contributed by atoms with Crippen molar-refractivity contribution in [2.75, 3.05) is 0 Å². The van der Waals surface area contributed by atoms with Crippen LogP contribution in [0, 0.1) is 0 Å². The first-order valence-corrected chi connectivity index (χ1v) is 6.04. The fourth-order valence-corrected chi connectivity index (χ4v) is 1.87. The molecule has 0 fully saturated rings. The lowest BCUT2D eigenvalue weighted by atomic mass is 9.97. The van der Waals surface area contributed by atoms with Gasteiger partial charge in [0, 0.05) is 0 Å². The molecular formula is C14H20O2. The summed E-state index contributed by atoms with van der Waals surface area (Å²) in [5.74, 6) is -0.811. The molecule has 2 nitrogen and oxygen atoms in total. The van der Waals surface area contributed by atoms with Crippen LogP contribution in [-0.2, 0) is 12.8 Å². The van der Waals surface area contributed by atoms with Gasteiger partial charge >= 0.3 is 5.97 Å². The van der Waals surface area contributed by atoms with E-state index in [0.29, 0.717) is 5.56 Å². The third-order valence-corrected chi connectivity index (χ3v) is 2.74. The molecule has 0 aliphatic carbocycles. The van der Waals surface area contributed by atoms with Gasteiger partial charge in [-0.3, -0.25) is 0 Å². The molecule has 0 heterocycles. The van der Waals surface area contributed by atoms with Crippen LogP contribution in [0.2, 0.25) is 0 Å². The molecule has 1 rings (SSSR count). The molecule has 0 saturated heterocycles. The van der Waals surface area contributed by atoms with Crippen molar-refractivity contribution in [3.05, 3.63) is 34.9 Å². The molecule has 0 spiro atoms. The van der Waals surface area contributed by atoms with Gasteiger partial charge in [-0.15, -0.1) is 0 Å². The van der Waals surface area contributed by atoms with E-state index < -0.39 is 5.97 Å². The molecule has 1 N–H and O–H groups in total.